The van der Waals surface area contributed by atoms with Crippen molar-refractivity contribution in [1.29, 1.82) is 0 Å². The number of nitrogens with one attached hydrogen (secondary N) is 1. The van der Waals surface area contributed by atoms with Gasteiger partial charge in [0.25, 0.3) is 0 Å². The van der Waals surface area contributed by atoms with Gasteiger partial charge in [0.2, 0.25) is 0 Å². The van der Waals surface area contributed by atoms with E-state index in [1.165, 1.54) is 11.3 Å². The first kappa shape index (κ1) is 12.8. The van der Waals surface area contributed by atoms with E-state index in [2.05, 4.69) is 50.2 Å². The van der Waals surface area contributed by atoms with Crippen molar-refractivity contribution in [1.82, 2.24) is 15.1 Å². The van der Waals surface area contributed by atoms with Crippen molar-refractivity contribution in [2.75, 3.05) is 0 Å². The van der Waals surface area contributed by atoms with Crippen molar-refractivity contribution in [3.05, 3.63) is 47.3 Å². The van der Waals surface area contributed by atoms with E-state index in [1.54, 1.807) is 0 Å². The molecule has 96 valence electrons. The lowest BCUT2D eigenvalue weighted by atomic mass is 10.2. The second-order valence-corrected chi connectivity index (χ2v) is 4.93. The third-order valence-electron chi connectivity index (χ3n) is 3.13. The zero-order valence-electron chi connectivity index (χ0n) is 11.6. The van der Waals surface area contributed by atoms with Gasteiger partial charge in [-0.05, 0) is 26.0 Å². The molecule has 0 radical (unpaired) electrons. The summed E-state index contributed by atoms with van der Waals surface area (Å²) >= 11 is 0. The SMILES string of the molecule is Cc1nn(-c2ccccc2)c(C)c1CNC(C)C. The predicted octanol–water partition coefficient (Wildman–Crippen LogP) is 2.99. The Morgan fingerprint density at radius 2 is 1.83 bits per heavy atom. The fourth-order valence-electron chi connectivity index (χ4n) is 2.06. The van der Waals surface area contributed by atoms with Gasteiger partial charge in [-0.2, -0.15) is 5.10 Å². The molecule has 0 bridgehead atoms. The van der Waals surface area contributed by atoms with Crippen LogP contribution in [0.3, 0.4) is 0 Å². The van der Waals surface area contributed by atoms with Crippen LogP contribution in [0.25, 0.3) is 5.69 Å². The van der Waals surface area contributed by atoms with E-state index < -0.39 is 0 Å². The van der Waals surface area contributed by atoms with Gasteiger partial charge in [-0.25, -0.2) is 4.68 Å². The van der Waals surface area contributed by atoms with Crippen molar-refractivity contribution in [3.8, 4) is 5.69 Å². The first-order valence-electron chi connectivity index (χ1n) is 6.43. The first-order valence-corrected chi connectivity index (χ1v) is 6.43. The van der Waals surface area contributed by atoms with Crippen LogP contribution in [0.2, 0.25) is 0 Å². The Labute approximate surface area is 109 Å². The standard InChI is InChI=1S/C15H21N3/c1-11(2)16-10-15-12(3)17-18(13(15)4)14-8-6-5-7-9-14/h5-9,11,16H,10H2,1-4H3. The van der Waals surface area contributed by atoms with Gasteiger partial charge in [-0.3, -0.25) is 0 Å². The highest BCUT2D eigenvalue weighted by Crippen LogP contribution is 2.17. The van der Waals surface area contributed by atoms with Crippen LogP contribution in [0.1, 0.15) is 30.8 Å². The molecule has 1 N–H and O–H groups in total. The highest BCUT2D eigenvalue weighted by atomic mass is 15.3. The molecule has 0 atom stereocenters. The largest absolute Gasteiger partial charge is 0.310 e. The van der Waals surface area contributed by atoms with Crippen molar-refractivity contribution in [3.63, 3.8) is 0 Å². The van der Waals surface area contributed by atoms with Crippen LogP contribution in [0.5, 0.6) is 0 Å². The van der Waals surface area contributed by atoms with E-state index in [1.807, 2.05) is 22.9 Å². The molecule has 0 aliphatic rings. The van der Waals surface area contributed by atoms with Crippen molar-refractivity contribution < 1.29 is 0 Å². The van der Waals surface area contributed by atoms with E-state index in [0.717, 1.165) is 17.9 Å². The van der Waals surface area contributed by atoms with E-state index in [4.69, 9.17) is 0 Å². The smallest absolute Gasteiger partial charge is 0.0648 e. The Morgan fingerprint density at radius 1 is 1.17 bits per heavy atom. The molecule has 2 rings (SSSR count). The molecular formula is C15H21N3. The molecule has 1 aromatic heterocycles. The van der Waals surface area contributed by atoms with Gasteiger partial charge < -0.3 is 5.32 Å². The van der Waals surface area contributed by atoms with Gasteiger partial charge in [0, 0.05) is 23.8 Å². The van der Waals surface area contributed by atoms with Gasteiger partial charge in [-0.15, -0.1) is 0 Å². The summed E-state index contributed by atoms with van der Waals surface area (Å²) in [6.45, 7) is 9.40. The second kappa shape index (κ2) is 5.36. The zero-order chi connectivity index (χ0) is 13.1. The van der Waals surface area contributed by atoms with E-state index in [0.29, 0.717) is 6.04 Å². The van der Waals surface area contributed by atoms with Crippen LogP contribution in [-0.4, -0.2) is 15.8 Å². The second-order valence-electron chi connectivity index (χ2n) is 4.93. The molecule has 18 heavy (non-hydrogen) atoms. The average molecular weight is 243 g/mol. The Morgan fingerprint density at radius 3 is 2.44 bits per heavy atom. The Hall–Kier alpha value is -1.61. The molecule has 1 aromatic carbocycles. The summed E-state index contributed by atoms with van der Waals surface area (Å²) in [5.41, 5.74) is 4.73. The predicted molar refractivity (Wildman–Crippen MR) is 75.0 cm³/mol. The van der Waals surface area contributed by atoms with Crippen molar-refractivity contribution >= 4 is 0 Å². The normalized spacial score (nSPS) is 11.2. The number of nitrogens with zero attached hydrogens (tertiary/aromatic N) is 2. The molecule has 0 saturated carbocycles. The Bertz CT molecular complexity index is 512. The molecule has 0 aliphatic carbocycles. The summed E-state index contributed by atoms with van der Waals surface area (Å²) in [7, 11) is 0. The van der Waals surface area contributed by atoms with E-state index >= 15 is 0 Å². The van der Waals surface area contributed by atoms with E-state index in [-0.39, 0.29) is 0 Å². The Kier molecular flexibility index (Phi) is 3.82. The average Bonchev–Trinajstić information content (AvgIpc) is 2.63. The number of benzene rings is 1. The molecule has 0 fully saturated rings. The molecule has 0 aliphatic heterocycles. The molecular weight excluding hydrogens is 222 g/mol. The number of aryl methyl sites for hydroxylation is 1. The molecule has 0 unspecified atom stereocenters. The minimum Gasteiger partial charge on any atom is -0.310 e. The highest BCUT2D eigenvalue weighted by molar-refractivity contribution is 5.36. The zero-order valence-corrected chi connectivity index (χ0v) is 11.6. The highest BCUT2D eigenvalue weighted by Gasteiger charge is 2.12. The molecule has 0 amide bonds. The third-order valence-corrected chi connectivity index (χ3v) is 3.13. The monoisotopic (exact) mass is 243 g/mol. The maximum Gasteiger partial charge on any atom is 0.0648 e. The number of para-hydroxylation sites is 1. The summed E-state index contributed by atoms with van der Waals surface area (Å²) in [5.74, 6) is 0. The van der Waals surface area contributed by atoms with Crippen LogP contribution in [0, 0.1) is 13.8 Å². The minimum absolute atomic E-state index is 0.490. The van der Waals surface area contributed by atoms with Crippen LogP contribution < -0.4 is 5.32 Å². The quantitative estimate of drug-likeness (QED) is 0.894. The van der Waals surface area contributed by atoms with Gasteiger partial charge in [-0.1, -0.05) is 32.0 Å². The number of hydrogen-bond donors (Lipinski definition) is 1. The third kappa shape index (κ3) is 2.62. The number of aromatic nitrogens is 2. The molecule has 3 nitrogen and oxygen atoms in total. The van der Waals surface area contributed by atoms with Gasteiger partial charge in [0.05, 0.1) is 11.4 Å². The van der Waals surface area contributed by atoms with Crippen LogP contribution in [0.4, 0.5) is 0 Å². The van der Waals surface area contributed by atoms with E-state index in [9.17, 15) is 0 Å². The number of hydrogen-bond acceptors (Lipinski definition) is 2. The van der Waals surface area contributed by atoms with Crippen LogP contribution >= 0.6 is 0 Å². The van der Waals surface area contributed by atoms with Gasteiger partial charge in [0.15, 0.2) is 0 Å². The molecule has 0 spiro atoms. The maximum absolute atomic E-state index is 4.64. The summed E-state index contributed by atoms with van der Waals surface area (Å²) in [5, 5.41) is 8.09. The molecule has 1 heterocycles. The summed E-state index contributed by atoms with van der Waals surface area (Å²) in [6, 6.07) is 10.8. The molecule has 0 saturated heterocycles. The summed E-state index contributed by atoms with van der Waals surface area (Å²) in [6.07, 6.45) is 0. The lowest BCUT2D eigenvalue weighted by Gasteiger charge is -2.09. The first-order chi connectivity index (χ1) is 8.59. The maximum atomic E-state index is 4.64. The lowest BCUT2D eigenvalue weighted by Crippen LogP contribution is -2.22. The van der Waals surface area contributed by atoms with Crippen molar-refractivity contribution in [2.24, 2.45) is 0 Å². The number of rotatable bonds is 4. The molecule has 2 aromatic rings. The van der Waals surface area contributed by atoms with Gasteiger partial charge >= 0.3 is 0 Å². The van der Waals surface area contributed by atoms with Crippen LogP contribution in [0.15, 0.2) is 30.3 Å². The Balaban J connectivity index is 2.32. The summed E-state index contributed by atoms with van der Waals surface area (Å²) < 4.78 is 2.02. The topological polar surface area (TPSA) is 29.9 Å². The minimum atomic E-state index is 0.490. The van der Waals surface area contributed by atoms with Crippen LogP contribution in [-0.2, 0) is 6.54 Å². The van der Waals surface area contributed by atoms with Crippen molar-refractivity contribution in [2.45, 2.75) is 40.3 Å². The lowest BCUT2D eigenvalue weighted by molar-refractivity contribution is 0.586. The summed E-state index contributed by atoms with van der Waals surface area (Å²) in [4.78, 5) is 0. The van der Waals surface area contributed by atoms with Gasteiger partial charge in [0.1, 0.15) is 0 Å². The fraction of sp³-hybridized carbons (Fsp3) is 0.400. The fourth-order valence-corrected chi connectivity index (χ4v) is 2.06. The molecule has 3 heteroatoms.